The SMILES string of the molecule is CCCC[C@@H]1Oc2ccc(S(=O)(=O)N(C)Cc3cccs3)cc2NC1=O. The fourth-order valence-corrected chi connectivity index (χ4v) is 4.77. The molecule has 1 aromatic heterocycles. The van der Waals surface area contributed by atoms with Crippen LogP contribution in [-0.2, 0) is 21.4 Å². The molecule has 0 saturated heterocycles. The van der Waals surface area contributed by atoms with Crippen molar-refractivity contribution in [2.24, 2.45) is 0 Å². The molecule has 26 heavy (non-hydrogen) atoms. The fourth-order valence-electron chi connectivity index (χ4n) is 2.76. The maximum absolute atomic E-state index is 12.8. The van der Waals surface area contributed by atoms with Gasteiger partial charge in [0.2, 0.25) is 10.0 Å². The van der Waals surface area contributed by atoms with Crippen LogP contribution in [0.25, 0.3) is 0 Å². The van der Waals surface area contributed by atoms with Crippen molar-refractivity contribution < 1.29 is 17.9 Å². The maximum atomic E-state index is 12.8. The number of sulfonamides is 1. The molecule has 0 saturated carbocycles. The Labute approximate surface area is 157 Å². The summed E-state index contributed by atoms with van der Waals surface area (Å²) in [4.78, 5) is 13.3. The zero-order chi connectivity index (χ0) is 18.7. The van der Waals surface area contributed by atoms with E-state index in [9.17, 15) is 13.2 Å². The summed E-state index contributed by atoms with van der Waals surface area (Å²) < 4.78 is 32.7. The quantitative estimate of drug-likeness (QED) is 0.780. The van der Waals surface area contributed by atoms with Gasteiger partial charge >= 0.3 is 0 Å². The number of ether oxygens (including phenoxy) is 1. The van der Waals surface area contributed by atoms with Gasteiger partial charge in [-0.15, -0.1) is 11.3 Å². The molecule has 140 valence electrons. The van der Waals surface area contributed by atoms with Crippen LogP contribution in [-0.4, -0.2) is 31.8 Å². The van der Waals surface area contributed by atoms with Gasteiger partial charge in [-0.2, -0.15) is 4.31 Å². The second-order valence-electron chi connectivity index (χ2n) is 6.24. The minimum absolute atomic E-state index is 0.131. The van der Waals surface area contributed by atoms with Gasteiger partial charge in [-0.05, 0) is 42.5 Å². The molecule has 0 radical (unpaired) electrons. The number of benzene rings is 1. The van der Waals surface area contributed by atoms with Gasteiger partial charge in [0, 0.05) is 18.5 Å². The number of thiophene rings is 1. The molecule has 1 aromatic carbocycles. The molecule has 0 unspecified atom stereocenters. The fraction of sp³-hybridized carbons (Fsp3) is 0.389. The van der Waals surface area contributed by atoms with Crippen molar-refractivity contribution in [3.8, 4) is 5.75 Å². The molecular weight excluding hydrogens is 372 g/mol. The van der Waals surface area contributed by atoms with E-state index >= 15 is 0 Å². The molecule has 2 heterocycles. The van der Waals surface area contributed by atoms with E-state index < -0.39 is 16.1 Å². The predicted octanol–water partition coefficient (Wildman–Crippen LogP) is 3.46. The lowest BCUT2D eigenvalue weighted by Crippen LogP contribution is -2.37. The number of amides is 1. The number of carbonyl (C=O) groups is 1. The molecule has 1 aliphatic heterocycles. The summed E-state index contributed by atoms with van der Waals surface area (Å²) in [5, 5.41) is 4.68. The molecule has 1 amide bonds. The Balaban J connectivity index is 1.80. The Morgan fingerprint density at radius 3 is 2.81 bits per heavy atom. The van der Waals surface area contributed by atoms with Crippen LogP contribution in [0.5, 0.6) is 5.75 Å². The zero-order valence-electron chi connectivity index (χ0n) is 14.8. The Morgan fingerprint density at radius 2 is 2.12 bits per heavy atom. The van der Waals surface area contributed by atoms with Gasteiger partial charge < -0.3 is 10.1 Å². The number of rotatable bonds is 7. The van der Waals surface area contributed by atoms with Crippen molar-refractivity contribution in [3.63, 3.8) is 0 Å². The van der Waals surface area contributed by atoms with Crippen molar-refractivity contribution in [1.29, 1.82) is 0 Å². The van der Waals surface area contributed by atoms with Crippen LogP contribution in [0.4, 0.5) is 5.69 Å². The summed E-state index contributed by atoms with van der Waals surface area (Å²) in [5.41, 5.74) is 0.397. The largest absolute Gasteiger partial charge is 0.478 e. The van der Waals surface area contributed by atoms with E-state index in [0.29, 0.717) is 24.4 Å². The first-order valence-electron chi connectivity index (χ1n) is 8.52. The summed E-state index contributed by atoms with van der Waals surface area (Å²) in [7, 11) is -2.11. The van der Waals surface area contributed by atoms with E-state index in [-0.39, 0.29) is 10.8 Å². The number of nitrogens with one attached hydrogen (secondary N) is 1. The number of fused-ring (bicyclic) bond motifs is 1. The monoisotopic (exact) mass is 394 g/mol. The smallest absolute Gasteiger partial charge is 0.265 e. The van der Waals surface area contributed by atoms with E-state index in [1.807, 2.05) is 17.5 Å². The predicted molar refractivity (Wildman–Crippen MR) is 102 cm³/mol. The van der Waals surface area contributed by atoms with E-state index in [1.54, 1.807) is 13.1 Å². The van der Waals surface area contributed by atoms with E-state index in [0.717, 1.165) is 17.7 Å². The highest BCUT2D eigenvalue weighted by Crippen LogP contribution is 2.33. The average Bonchev–Trinajstić information content (AvgIpc) is 3.12. The van der Waals surface area contributed by atoms with Gasteiger partial charge in [-0.3, -0.25) is 4.79 Å². The molecular formula is C18H22N2O4S2. The third-order valence-corrected chi connectivity index (χ3v) is 6.92. The van der Waals surface area contributed by atoms with Crippen LogP contribution < -0.4 is 10.1 Å². The molecule has 2 aromatic rings. The first-order chi connectivity index (χ1) is 12.4. The lowest BCUT2D eigenvalue weighted by molar-refractivity contribution is -0.123. The Bertz CT molecular complexity index is 879. The van der Waals surface area contributed by atoms with Crippen molar-refractivity contribution in [2.75, 3.05) is 12.4 Å². The van der Waals surface area contributed by atoms with Gasteiger partial charge in [0.25, 0.3) is 5.91 Å². The molecule has 8 heteroatoms. The third kappa shape index (κ3) is 3.92. The Morgan fingerprint density at radius 1 is 1.31 bits per heavy atom. The standard InChI is InChI=1S/C18H22N2O4S2/c1-3-4-7-17-18(21)19-15-11-14(8-9-16(15)24-17)26(22,23)20(2)12-13-6-5-10-25-13/h5-6,8-11,17H,3-4,7,12H2,1-2H3,(H,19,21)/t17-/m0/s1. The van der Waals surface area contributed by atoms with E-state index in [4.69, 9.17) is 4.74 Å². The summed E-state index contributed by atoms with van der Waals surface area (Å²) in [6.45, 7) is 2.36. The highest BCUT2D eigenvalue weighted by Gasteiger charge is 2.29. The number of unbranched alkanes of at least 4 members (excludes halogenated alkanes) is 1. The molecule has 0 aliphatic carbocycles. The van der Waals surface area contributed by atoms with Gasteiger partial charge in [-0.25, -0.2) is 8.42 Å². The molecule has 1 N–H and O–H groups in total. The summed E-state index contributed by atoms with van der Waals surface area (Å²) in [5.74, 6) is 0.276. The number of nitrogens with zero attached hydrogens (tertiary/aromatic N) is 1. The van der Waals surface area contributed by atoms with Crippen molar-refractivity contribution >= 4 is 33.0 Å². The third-order valence-electron chi connectivity index (χ3n) is 4.26. The molecule has 0 spiro atoms. The molecule has 3 rings (SSSR count). The van der Waals surface area contributed by atoms with E-state index in [2.05, 4.69) is 12.2 Å². The molecule has 1 atom stereocenters. The number of hydrogen-bond acceptors (Lipinski definition) is 5. The van der Waals surface area contributed by atoms with Crippen LogP contribution in [0, 0.1) is 0 Å². The number of hydrogen-bond donors (Lipinski definition) is 1. The van der Waals surface area contributed by atoms with E-state index in [1.165, 1.54) is 27.8 Å². The molecule has 1 aliphatic rings. The van der Waals surface area contributed by atoms with Crippen LogP contribution in [0.3, 0.4) is 0 Å². The van der Waals surface area contributed by atoms with Crippen LogP contribution >= 0.6 is 11.3 Å². The zero-order valence-corrected chi connectivity index (χ0v) is 16.4. The lowest BCUT2D eigenvalue weighted by Gasteiger charge is -2.26. The first kappa shape index (κ1) is 18.9. The van der Waals surface area contributed by atoms with Gasteiger partial charge in [0.05, 0.1) is 10.6 Å². The van der Waals surface area contributed by atoms with Crippen LogP contribution in [0.1, 0.15) is 31.1 Å². The Kier molecular flexibility index (Phi) is 5.64. The topological polar surface area (TPSA) is 75.7 Å². The van der Waals surface area contributed by atoms with Crippen molar-refractivity contribution in [3.05, 3.63) is 40.6 Å². The van der Waals surface area contributed by atoms with Gasteiger partial charge in [0.15, 0.2) is 6.10 Å². The molecule has 0 fully saturated rings. The minimum atomic E-state index is -3.66. The van der Waals surface area contributed by atoms with Crippen molar-refractivity contribution in [1.82, 2.24) is 4.31 Å². The highest BCUT2D eigenvalue weighted by atomic mass is 32.2. The second-order valence-corrected chi connectivity index (χ2v) is 9.31. The second kappa shape index (κ2) is 7.77. The van der Waals surface area contributed by atoms with Gasteiger partial charge in [-0.1, -0.05) is 19.4 Å². The summed E-state index contributed by atoms with van der Waals surface area (Å²) >= 11 is 1.51. The maximum Gasteiger partial charge on any atom is 0.265 e. The number of carbonyl (C=O) groups excluding carboxylic acids is 1. The van der Waals surface area contributed by atoms with Crippen LogP contribution in [0.15, 0.2) is 40.6 Å². The van der Waals surface area contributed by atoms with Gasteiger partial charge in [0.1, 0.15) is 5.75 Å². The lowest BCUT2D eigenvalue weighted by atomic mass is 10.1. The summed E-state index contributed by atoms with van der Waals surface area (Å²) in [6.07, 6.45) is 2.00. The minimum Gasteiger partial charge on any atom is -0.478 e. The molecule has 6 nitrogen and oxygen atoms in total. The highest BCUT2D eigenvalue weighted by molar-refractivity contribution is 7.89. The number of anilines is 1. The average molecular weight is 395 g/mol. The summed E-state index contributed by atoms with van der Waals surface area (Å²) in [6, 6.07) is 8.38. The first-order valence-corrected chi connectivity index (χ1v) is 10.8. The Hall–Kier alpha value is -1.90. The normalized spacial score (nSPS) is 16.9. The molecule has 0 bridgehead atoms. The van der Waals surface area contributed by atoms with Crippen LogP contribution in [0.2, 0.25) is 0 Å². The van der Waals surface area contributed by atoms with Crippen molar-refractivity contribution in [2.45, 2.75) is 43.7 Å².